The lowest BCUT2D eigenvalue weighted by Crippen LogP contribution is -2.22. The predicted molar refractivity (Wildman–Crippen MR) is 78.2 cm³/mol. The van der Waals surface area contributed by atoms with Gasteiger partial charge in [0.15, 0.2) is 0 Å². The van der Waals surface area contributed by atoms with E-state index in [-0.39, 0.29) is 11.7 Å². The number of rotatable bonds is 5. The first kappa shape index (κ1) is 15.1. The molecular weight excluding hydrogens is 328 g/mol. The molecule has 1 N–H and O–H groups in total. The SMILES string of the molecule is CC(C)NCc1cnn(-c2cccc(Br)c2)c1C(F)F. The van der Waals surface area contributed by atoms with Gasteiger partial charge in [-0.2, -0.15) is 5.10 Å². The Morgan fingerprint density at radius 2 is 2.10 bits per heavy atom. The maximum absolute atomic E-state index is 13.3. The van der Waals surface area contributed by atoms with Gasteiger partial charge in [-0.3, -0.25) is 0 Å². The maximum Gasteiger partial charge on any atom is 0.280 e. The molecule has 2 rings (SSSR count). The van der Waals surface area contributed by atoms with Gasteiger partial charge < -0.3 is 5.32 Å². The zero-order chi connectivity index (χ0) is 14.7. The van der Waals surface area contributed by atoms with E-state index in [0.717, 1.165) is 4.47 Å². The van der Waals surface area contributed by atoms with Crippen LogP contribution in [0.5, 0.6) is 0 Å². The van der Waals surface area contributed by atoms with E-state index < -0.39 is 6.43 Å². The summed E-state index contributed by atoms with van der Waals surface area (Å²) in [7, 11) is 0. The second-order valence-corrected chi connectivity index (χ2v) is 5.70. The lowest BCUT2D eigenvalue weighted by Gasteiger charge is -2.11. The molecule has 0 saturated heterocycles. The molecule has 3 nitrogen and oxygen atoms in total. The summed E-state index contributed by atoms with van der Waals surface area (Å²) >= 11 is 3.34. The molecule has 1 aromatic heterocycles. The van der Waals surface area contributed by atoms with Crippen LogP contribution in [0.15, 0.2) is 34.9 Å². The third kappa shape index (κ3) is 3.43. The van der Waals surface area contributed by atoms with Gasteiger partial charge in [0, 0.05) is 22.6 Å². The highest BCUT2D eigenvalue weighted by Crippen LogP contribution is 2.26. The molecule has 0 unspecified atom stereocenters. The number of hydrogen-bond donors (Lipinski definition) is 1. The first-order valence-corrected chi connectivity index (χ1v) is 7.12. The van der Waals surface area contributed by atoms with Crippen molar-refractivity contribution in [3.05, 3.63) is 46.2 Å². The Bertz CT molecular complexity index is 582. The highest BCUT2D eigenvalue weighted by molar-refractivity contribution is 9.10. The Morgan fingerprint density at radius 1 is 1.35 bits per heavy atom. The van der Waals surface area contributed by atoms with Crippen LogP contribution in [0.4, 0.5) is 8.78 Å². The molecule has 0 atom stereocenters. The van der Waals surface area contributed by atoms with E-state index in [1.807, 2.05) is 19.9 Å². The van der Waals surface area contributed by atoms with Gasteiger partial charge in [0.2, 0.25) is 0 Å². The summed E-state index contributed by atoms with van der Waals surface area (Å²) in [5, 5.41) is 7.24. The Morgan fingerprint density at radius 3 is 2.70 bits per heavy atom. The molecule has 0 aliphatic heterocycles. The van der Waals surface area contributed by atoms with Crippen molar-refractivity contribution in [1.82, 2.24) is 15.1 Å². The van der Waals surface area contributed by atoms with Gasteiger partial charge in [0.05, 0.1) is 11.9 Å². The van der Waals surface area contributed by atoms with E-state index >= 15 is 0 Å². The molecular formula is C14H16BrF2N3. The first-order chi connectivity index (χ1) is 9.49. The van der Waals surface area contributed by atoms with Crippen molar-refractivity contribution in [3.63, 3.8) is 0 Å². The summed E-state index contributed by atoms with van der Waals surface area (Å²) in [5.41, 5.74) is 1.08. The van der Waals surface area contributed by atoms with Crippen LogP contribution in [0.25, 0.3) is 5.69 Å². The number of benzene rings is 1. The molecule has 2 aromatic rings. The van der Waals surface area contributed by atoms with Crippen molar-refractivity contribution in [1.29, 1.82) is 0 Å². The lowest BCUT2D eigenvalue weighted by atomic mass is 10.2. The molecule has 20 heavy (non-hydrogen) atoms. The van der Waals surface area contributed by atoms with Crippen molar-refractivity contribution in [2.45, 2.75) is 32.9 Å². The van der Waals surface area contributed by atoms with Crippen molar-refractivity contribution in [3.8, 4) is 5.69 Å². The first-order valence-electron chi connectivity index (χ1n) is 6.33. The predicted octanol–water partition coefficient (Wildman–Crippen LogP) is 4.07. The second-order valence-electron chi connectivity index (χ2n) is 4.78. The second kappa shape index (κ2) is 6.45. The number of aromatic nitrogens is 2. The average molecular weight is 344 g/mol. The molecule has 0 aliphatic rings. The van der Waals surface area contributed by atoms with E-state index in [4.69, 9.17) is 0 Å². The number of alkyl halides is 2. The summed E-state index contributed by atoms with van der Waals surface area (Å²) in [4.78, 5) is 0. The van der Waals surface area contributed by atoms with Crippen molar-refractivity contribution < 1.29 is 8.78 Å². The maximum atomic E-state index is 13.3. The number of nitrogens with one attached hydrogen (secondary N) is 1. The fourth-order valence-corrected chi connectivity index (χ4v) is 2.28. The Labute approximate surface area is 125 Å². The molecule has 0 aliphatic carbocycles. The largest absolute Gasteiger partial charge is 0.310 e. The van der Waals surface area contributed by atoms with E-state index in [1.165, 1.54) is 10.9 Å². The monoisotopic (exact) mass is 343 g/mol. The van der Waals surface area contributed by atoms with Crippen LogP contribution in [0.1, 0.15) is 31.5 Å². The smallest absolute Gasteiger partial charge is 0.280 e. The van der Waals surface area contributed by atoms with Gasteiger partial charge in [0.1, 0.15) is 5.69 Å². The summed E-state index contributed by atoms with van der Waals surface area (Å²) in [6, 6.07) is 7.38. The van der Waals surface area contributed by atoms with Crippen LogP contribution in [0.2, 0.25) is 0 Å². The molecule has 0 fully saturated rings. The zero-order valence-electron chi connectivity index (χ0n) is 11.3. The molecule has 1 aromatic carbocycles. The van der Waals surface area contributed by atoms with Gasteiger partial charge in [-0.05, 0) is 18.2 Å². The quantitative estimate of drug-likeness (QED) is 0.886. The van der Waals surface area contributed by atoms with Crippen LogP contribution in [0.3, 0.4) is 0 Å². The van der Waals surface area contributed by atoms with Crippen molar-refractivity contribution in [2.24, 2.45) is 0 Å². The standard InChI is InChI=1S/C14H16BrF2N3/c1-9(2)18-7-10-8-19-20(13(10)14(16)17)12-5-3-4-11(15)6-12/h3-6,8-9,14,18H,7H2,1-2H3. The Hall–Kier alpha value is -1.27. The zero-order valence-corrected chi connectivity index (χ0v) is 12.9. The van der Waals surface area contributed by atoms with E-state index in [1.54, 1.807) is 18.2 Å². The lowest BCUT2D eigenvalue weighted by molar-refractivity contribution is 0.141. The van der Waals surface area contributed by atoms with Gasteiger partial charge in [-0.25, -0.2) is 13.5 Å². The van der Waals surface area contributed by atoms with Gasteiger partial charge in [0.25, 0.3) is 6.43 Å². The topological polar surface area (TPSA) is 29.9 Å². The Kier molecular flexibility index (Phi) is 4.88. The van der Waals surface area contributed by atoms with E-state index in [0.29, 0.717) is 17.8 Å². The van der Waals surface area contributed by atoms with Crippen LogP contribution < -0.4 is 5.32 Å². The van der Waals surface area contributed by atoms with Crippen molar-refractivity contribution >= 4 is 15.9 Å². The normalized spacial score (nSPS) is 11.6. The van der Waals surface area contributed by atoms with Crippen molar-refractivity contribution in [2.75, 3.05) is 0 Å². The highest BCUT2D eigenvalue weighted by Gasteiger charge is 2.21. The highest BCUT2D eigenvalue weighted by atomic mass is 79.9. The molecule has 6 heteroatoms. The van der Waals surface area contributed by atoms with Crippen LogP contribution in [-0.2, 0) is 6.54 Å². The molecule has 0 saturated carbocycles. The van der Waals surface area contributed by atoms with Gasteiger partial charge in [-0.15, -0.1) is 0 Å². The third-order valence-electron chi connectivity index (χ3n) is 2.85. The number of halogens is 3. The molecule has 108 valence electrons. The summed E-state index contributed by atoms with van der Waals surface area (Å²) < 4.78 is 28.8. The fraction of sp³-hybridized carbons (Fsp3) is 0.357. The third-order valence-corrected chi connectivity index (χ3v) is 3.34. The minimum atomic E-state index is -2.57. The molecule has 0 bridgehead atoms. The fourth-order valence-electron chi connectivity index (χ4n) is 1.89. The van der Waals surface area contributed by atoms with Gasteiger partial charge in [-0.1, -0.05) is 35.8 Å². The molecule has 1 heterocycles. The summed E-state index contributed by atoms with van der Waals surface area (Å²) in [6.45, 7) is 4.33. The molecule has 0 radical (unpaired) electrons. The van der Waals surface area contributed by atoms with E-state index in [9.17, 15) is 8.78 Å². The minimum absolute atomic E-state index is 0.0590. The van der Waals surface area contributed by atoms with Crippen LogP contribution in [0, 0.1) is 0 Å². The number of hydrogen-bond acceptors (Lipinski definition) is 2. The minimum Gasteiger partial charge on any atom is -0.310 e. The van der Waals surface area contributed by atoms with Crippen LogP contribution in [-0.4, -0.2) is 15.8 Å². The summed E-state index contributed by atoms with van der Waals surface area (Å²) in [5.74, 6) is 0. The van der Waals surface area contributed by atoms with Crippen LogP contribution >= 0.6 is 15.9 Å². The molecule has 0 amide bonds. The molecule has 0 spiro atoms. The number of nitrogens with zero attached hydrogens (tertiary/aromatic N) is 2. The summed E-state index contributed by atoms with van der Waals surface area (Å²) in [6.07, 6.45) is -1.07. The Balaban J connectivity index is 2.39. The van der Waals surface area contributed by atoms with Gasteiger partial charge >= 0.3 is 0 Å². The average Bonchev–Trinajstić information content (AvgIpc) is 2.80. The van der Waals surface area contributed by atoms with E-state index in [2.05, 4.69) is 26.3 Å².